The Balaban J connectivity index is 2.45. The van der Waals surface area contributed by atoms with Crippen molar-refractivity contribution in [2.75, 3.05) is 13.2 Å². The first-order valence-electron chi connectivity index (χ1n) is 5.41. The lowest BCUT2D eigenvalue weighted by Crippen LogP contribution is -2.16. The fourth-order valence-electron chi connectivity index (χ4n) is 1.92. The molecule has 2 N–H and O–H groups in total. The second kappa shape index (κ2) is 4.61. The van der Waals surface area contributed by atoms with Crippen LogP contribution < -0.4 is 10.5 Å². The van der Waals surface area contributed by atoms with Gasteiger partial charge in [-0.2, -0.15) is 0 Å². The molecule has 0 atom stereocenters. The second-order valence-corrected chi connectivity index (χ2v) is 3.82. The third kappa shape index (κ3) is 1.93. The van der Waals surface area contributed by atoms with E-state index in [1.54, 1.807) is 6.07 Å². The largest absolute Gasteiger partial charge is 0.492 e. The third-order valence-corrected chi connectivity index (χ3v) is 2.68. The lowest BCUT2D eigenvalue weighted by atomic mass is 9.98. The number of hydrogen-bond acceptors (Lipinski definition) is 3. The van der Waals surface area contributed by atoms with Gasteiger partial charge in [-0.3, -0.25) is 4.79 Å². The van der Waals surface area contributed by atoms with Crippen LogP contribution in [0.2, 0.25) is 0 Å². The number of ether oxygens (including phenoxy) is 1. The first-order valence-corrected chi connectivity index (χ1v) is 5.41. The van der Waals surface area contributed by atoms with Crippen LogP contribution in [-0.4, -0.2) is 18.9 Å². The van der Waals surface area contributed by atoms with Gasteiger partial charge in [-0.15, -0.1) is 0 Å². The van der Waals surface area contributed by atoms with Crippen LogP contribution in [0.25, 0.3) is 0 Å². The van der Waals surface area contributed by atoms with Gasteiger partial charge in [-0.25, -0.2) is 4.39 Å². The normalized spacial score (nSPS) is 14.1. The molecule has 0 aromatic heterocycles. The minimum Gasteiger partial charge on any atom is -0.492 e. The summed E-state index contributed by atoms with van der Waals surface area (Å²) in [6.07, 6.45) is 1.89. The highest BCUT2D eigenvalue weighted by Crippen LogP contribution is 2.31. The van der Waals surface area contributed by atoms with Gasteiger partial charge in [-0.05, 0) is 31.0 Å². The summed E-state index contributed by atoms with van der Waals surface area (Å²) in [5, 5.41) is 0. The van der Waals surface area contributed by atoms with E-state index in [4.69, 9.17) is 10.5 Å². The Bertz CT molecular complexity index is 418. The number of ketones is 1. The Morgan fingerprint density at radius 1 is 1.50 bits per heavy atom. The van der Waals surface area contributed by atoms with Crippen LogP contribution in [0.15, 0.2) is 12.1 Å². The smallest absolute Gasteiger partial charge is 0.170 e. The Labute approximate surface area is 93.4 Å². The van der Waals surface area contributed by atoms with Crippen molar-refractivity contribution >= 4 is 5.78 Å². The zero-order valence-corrected chi connectivity index (χ0v) is 8.96. The van der Waals surface area contributed by atoms with E-state index >= 15 is 0 Å². The van der Waals surface area contributed by atoms with Crippen molar-refractivity contribution in [1.29, 1.82) is 0 Å². The number of Topliss-reactive ketones (excluding diaryl/α,β-unsaturated/α-hetero) is 1. The molecule has 0 radical (unpaired) electrons. The summed E-state index contributed by atoms with van der Waals surface area (Å²) in [6, 6.07) is 3.01. The summed E-state index contributed by atoms with van der Waals surface area (Å²) < 4.78 is 19.0. The molecule has 2 rings (SSSR count). The summed E-state index contributed by atoms with van der Waals surface area (Å²) >= 11 is 0. The van der Waals surface area contributed by atoms with Gasteiger partial charge in [0.2, 0.25) is 0 Å². The quantitative estimate of drug-likeness (QED) is 0.793. The van der Waals surface area contributed by atoms with Gasteiger partial charge in [0.05, 0.1) is 12.2 Å². The fraction of sp³-hybridized carbons (Fsp3) is 0.417. The van der Waals surface area contributed by atoms with Crippen LogP contribution in [0, 0.1) is 5.82 Å². The third-order valence-electron chi connectivity index (χ3n) is 2.68. The molecular weight excluding hydrogens is 209 g/mol. The predicted octanol–water partition coefficient (Wildman–Crippen LogP) is 1.68. The molecule has 16 heavy (non-hydrogen) atoms. The van der Waals surface area contributed by atoms with Crippen molar-refractivity contribution in [3.8, 4) is 5.75 Å². The van der Waals surface area contributed by atoms with E-state index in [0.29, 0.717) is 12.4 Å². The highest BCUT2D eigenvalue weighted by atomic mass is 19.1. The molecule has 0 bridgehead atoms. The van der Waals surface area contributed by atoms with Crippen molar-refractivity contribution in [2.45, 2.75) is 19.3 Å². The van der Waals surface area contributed by atoms with E-state index in [2.05, 4.69) is 0 Å². The highest BCUT2D eigenvalue weighted by molar-refractivity contribution is 5.99. The van der Waals surface area contributed by atoms with Gasteiger partial charge in [0.15, 0.2) is 5.78 Å². The minimum absolute atomic E-state index is 0.0719. The fourth-order valence-corrected chi connectivity index (χ4v) is 1.92. The summed E-state index contributed by atoms with van der Waals surface area (Å²) in [4.78, 5) is 11.7. The van der Waals surface area contributed by atoms with Gasteiger partial charge in [-0.1, -0.05) is 6.07 Å². The van der Waals surface area contributed by atoms with Crippen molar-refractivity contribution in [3.63, 3.8) is 0 Å². The Kier molecular flexibility index (Phi) is 3.19. The molecule has 0 amide bonds. The molecule has 0 fully saturated rings. The van der Waals surface area contributed by atoms with Crippen molar-refractivity contribution < 1.29 is 13.9 Å². The van der Waals surface area contributed by atoms with E-state index in [1.165, 1.54) is 6.07 Å². The molecule has 0 aliphatic carbocycles. The number of fused-ring (bicyclic) bond motifs is 1. The second-order valence-electron chi connectivity index (χ2n) is 3.82. The maximum atomic E-state index is 13.6. The minimum atomic E-state index is -0.515. The van der Waals surface area contributed by atoms with Crippen LogP contribution in [0.4, 0.5) is 4.39 Å². The van der Waals surface area contributed by atoms with Gasteiger partial charge in [0.25, 0.3) is 0 Å². The predicted molar refractivity (Wildman–Crippen MR) is 58.2 cm³/mol. The zero-order chi connectivity index (χ0) is 11.5. The molecule has 86 valence electrons. The molecule has 0 saturated heterocycles. The van der Waals surface area contributed by atoms with E-state index in [0.717, 1.165) is 18.4 Å². The SMILES string of the molecule is NCCC(=O)c1c(F)ccc2c1OCCC2. The molecule has 1 aromatic carbocycles. The molecule has 0 saturated carbocycles. The highest BCUT2D eigenvalue weighted by Gasteiger charge is 2.22. The van der Waals surface area contributed by atoms with Gasteiger partial charge >= 0.3 is 0 Å². The van der Waals surface area contributed by atoms with Crippen LogP contribution >= 0.6 is 0 Å². The van der Waals surface area contributed by atoms with E-state index in [1.807, 2.05) is 0 Å². The lowest BCUT2D eigenvalue weighted by molar-refractivity contribution is 0.0976. The van der Waals surface area contributed by atoms with E-state index < -0.39 is 5.82 Å². The van der Waals surface area contributed by atoms with Gasteiger partial charge in [0.1, 0.15) is 11.6 Å². The molecule has 0 unspecified atom stereocenters. The first-order chi connectivity index (χ1) is 7.74. The van der Waals surface area contributed by atoms with Crippen molar-refractivity contribution in [2.24, 2.45) is 5.73 Å². The number of halogens is 1. The number of carbonyl (C=O) groups excluding carboxylic acids is 1. The number of rotatable bonds is 3. The van der Waals surface area contributed by atoms with Crippen LogP contribution in [0.3, 0.4) is 0 Å². The summed E-state index contributed by atoms with van der Waals surface area (Å²) in [6.45, 7) is 0.765. The average molecular weight is 223 g/mol. The molecule has 1 aliphatic heterocycles. The van der Waals surface area contributed by atoms with E-state index in [9.17, 15) is 9.18 Å². The molecule has 1 heterocycles. The molecule has 1 aliphatic rings. The number of hydrogen-bond donors (Lipinski definition) is 1. The van der Waals surface area contributed by atoms with Gasteiger partial charge in [0, 0.05) is 6.42 Å². The number of carbonyl (C=O) groups is 1. The van der Waals surface area contributed by atoms with E-state index in [-0.39, 0.29) is 24.3 Å². The van der Waals surface area contributed by atoms with Crippen LogP contribution in [0.5, 0.6) is 5.75 Å². The molecule has 4 heteroatoms. The molecule has 0 spiro atoms. The Hall–Kier alpha value is -1.42. The summed E-state index contributed by atoms with van der Waals surface area (Å²) in [5.41, 5.74) is 6.29. The van der Waals surface area contributed by atoms with Crippen LogP contribution in [0.1, 0.15) is 28.8 Å². The Morgan fingerprint density at radius 2 is 2.31 bits per heavy atom. The van der Waals surface area contributed by atoms with Crippen LogP contribution in [-0.2, 0) is 6.42 Å². The maximum absolute atomic E-state index is 13.6. The first kappa shape index (κ1) is 11.1. The molecular formula is C12H14FNO2. The molecule has 1 aromatic rings. The number of nitrogens with two attached hydrogens (primary N) is 1. The topological polar surface area (TPSA) is 52.3 Å². The monoisotopic (exact) mass is 223 g/mol. The summed E-state index contributed by atoms with van der Waals surface area (Å²) in [5.74, 6) is -0.373. The Morgan fingerprint density at radius 3 is 3.06 bits per heavy atom. The van der Waals surface area contributed by atoms with Crippen molar-refractivity contribution in [3.05, 3.63) is 29.1 Å². The van der Waals surface area contributed by atoms with Gasteiger partial charge < -0.3 is 10.5 Å². The number of benzene rings is 1. The maximum Gasteiger partial charge on any atom is 0.170 e. The number of aryl methyl sites for hydroxylation is 1. The average Bonchev–Trinajstić information content (AvgIpc) is 2.29. The zero-order valence-electron chi connectivity index (χ0n) is 8.96. The lowest BCUT2D eigenvalue weighted by Gasteiger charge is -2.20. The van der Waals surface area contributed by atoms with Crippen molar-refractivity contribution in [1.82, 2.24) is 0 Å². The standard InChI is InChI=1S/C12H14FNO2/c13-9-4-3-8-2-1-7-16-12(8)11(9)10(15)5-6-14/h3-4H,1-2,5-7,14H2. The summed E-state index contributed by atoms with van der Waals surface area (Å²) in [7, 11) is 0. The molecule has 3 nitrogen and oxygen atoms in total.